The number of halogens is 2. The van der Waals surface area contributed by atoms with E-state index in [1.807, 2.05) is 25.1 Å². The highest BCUT2D eigenvalue weighted by atomic mass is 35.5. The lowest BCUT2D eigenvalue weighted by atomic mass is 10.1. The van der Waals surface area contributed by atoms with Crippen molar-refractivity contribution in [2.24, 2.45) is 0 Å². The third-order valence-electron chi connectivity index (χ3n) is 3.61. The Balaban J connectivity index is 1.94. The van der Waals surface area contributed by atoms with Crippen LogP contribution in [0.5, 0.6) is 0 Å². The zero-order valence-electron chi connectivity index (χ0n) is 13.4. The van der Waals surface area contributed by atoms with Gasteiger partial charge in [0.15, 0.2) is 0 Å². The molecule has 0 aliphatic rings. The molecule has 1 heterocycles. The molecule has 25 heavy (non-hydrogen) atoms. The van der Waals surface area contributed by atoms with Crippen molar-refractivity contribution in [1.82, 2.24) is 0 Å². The smallest absolute Gasteiger partial charge is 0.267 e. The summed E-state index contributed by atoms with van der Waals surface area (Å²) in [5.41, 5.74) is 1.33. The predicted molar refractivity (Wildman–Crippen MR) is 100 cm³/mol. The first-order valence-corrected chi connectivity index (χ1v) is 8.62. The summed E-state index contributed by atoms with van der Waals surface area (Å²) in [6.07, 6.45) is 0. The van der Waals surface area contributed by atoms with Gasteiger partial charge in [-0.15, -0.1) is 11.3 Å². The van der Waals surface area contributed by atoms with Crippen LogP contribution in [0.3, 0.4) is 0 Å². The Morgan fingerprint density at radius 1 is 1.16 bits per heavy atom. The van der Waals surface area contributed by atoms with Gasteiger partial charge in [0.25, 0.3) is 5.91 Å². The van der Waals surface area contributed by atoms with E-state index in [-0.39, 0.29) is 11.6 Å². The van der Waals surface area contributed by atoms with E-state index in [1.54, 1.807) is 0 Å². The maximum atomic E-state index is 14.0. The van der Waals surface area contributed by atoms with Gasteiger partial charge in [-0.05, 0) is 36.8 Å². The minimum atomic E-state index is -0.601. The Bertz CT molecular complexity index is 1000. The van der Waals surface area contributed by atoms with E-state index in [4.69, 9.17) is 11.6 Å². The van der Waals surface area contributed by atoms with Crippen molar-refractivity contribution in [2.75, 3.05) is 10.6 Å². The van der Waals surface area contributed by atoms with Crippen molar-refractivity contribution in [1.29, 1.82) is 0 Å². The highest BCUT2D eigenvalue weighted by Crippen LogP contribution is 2.37. The van der Waals surface area contributed by atoms with E-state index in [0.29, 0.717) is 15.6 Å². The molecule has 2 amide bonds. The normalized spacial score (nSPS) is 10.7. The topological polar surface area (TPSA) is 58.2 Å². The van der Waals surface area contributed by atoms with E-state index >= 15 is 0 Å². The second kappa shape index (κ2) is 6.82. The minimum Gasteiger partial charge on any atom is -0.326 e. The fraction of sp³-hybridized carbons (Fsp3) is 0.111. The number of anilines is 2. The van der Waals surface area contributed by atoms with Crippen LogP contribution in [0.25, 0.3) is 10.1 Å². The monoisotopic (exact) mass is 376 g/mol. The standard InChI is InChI=1S/C18H14ClFN2O2S/c1-9-4-3-5-14-15(9)16(19)17(25-14)18(24)22-13-8-11(21-10(2)23)6-7-12(13)20/h3-8H,1-2H3,(H,21,23)(H,22,24). The van der Waals surface area contributed by atoms with Gasteiger partial charge < -0.3 is 10.6 Å². The summed E-state index contributed by atoms with van der Waals surface area (Å²) in [5.74, 6) is -1.38. The molecule has 3 aromatic rings. The van der Waals surface area contributed by atoms with Crippen molar-refractivity contribution in [3.05, 3.63) is 57.7 Å². The highest BCUT2D eigenvalue weighted by molar-refractivity contribution is 7.21. The fourth-order valence-electron chi connectivity index (χ4n) is 2.50. The number of carbonyl (C=O) groups excluding carboxylic acids is 2. The molecule has 0 saturated carbocycles. The van der Waals surface area contributed by atoms with Crippen molar-refractivity contribution in [3.8, 4) is 0 Å². The first-order chi connectivity index (χ1) is 11.9. The summed E-state index contributed by atoms with van der Waals surface area (Å²) in [5, 5.41) is 6.25. The number of amides is 2. The van der Waals surface area contributed by atoms with E-state index in [9.17, 15) is 14.0 Å². The number of fused-ring (bicyclic) bond motifs is 1. The fourth-order valence-corrected chi connectivity index (χ4v) is 4.08. The molecule has 3 rings (SSSR count). The predicted octanol–water partition coefficient (Wildman–Crippen LogP) is 5.21. The maximum Gasteiger partial charge on any atom is 0.267 e. The number of aryl methyl sites for hydroxylation is 1. The zero-order valence-corrected chi connectivity index (χ0v) is 15.0. The lowest BCUT2D eigenvalue weighted by Gasteiger charge is -2.08. The molecule has 0 unspecified atom stereocenters. The second-order valence-electron chi connectivity index (χ2n) is 5.52. The first kappa shape index (κ1) is 17.4. The van der Waals surface area contributed by atoms with Crippen LogP contribution >= 0.6 is 22.9 Å². The average molecular weight is 377 g/mol. The summed E-state index contributed by atoms with van der Waals surface area (Å²) in [6.45, 7) is 3.26. The quantitative estimate of drug-likeness (QED) is 0.659. The Hall–Kier alpha value is -2.44. The molecule has 128 valence electrons. The maximum absolute atomic E-state index is 14.0. The van der Waals surface area contributed by atoms with E-state index in [1.165, 1.54) is 36.5 Å². The van der Waals surface area contributed by atoms with Gasteiger partial charge in [0.2, 0.25) is 5.91 Å². The average Bonchev–Trinajstić information content (AvgIpc) is 2.88. The van der Waals surface area contributed by atoms with Gasteiger partial charge in [0.05, 0.1) is 10.7 Å². The molecular weight excluding hydrogens is 363 g/mol. The number of hydrogen-bond acceptors (Lipinski definition) is 3. The van der Waals surface area contributed by atoms with Crippen LogP contribution in [0.1, 0.15) is 22.2 Å². The zero-order chi connectivity index (χ0) is 18.1. The Morgan fingerprint density at radius 3 is 2.60 bits per heavy atom. The number of carbonyl (C=O) groups is 2. The number of nitrogens with one attached hydrogen (secondary N) is 2. The third-order valence-corrected chi connectivity index (χ3v) is 5.25. The summed E-state index contributed by atoms with van der Waals surface area (Å²) in [6, 6.07) is 9.65. The van der Waals surface area contributed by atoms with Crippen molar-refractivity contribution < 1.29 is 14.0 Å². The van der Waals surface area contributed by atoms with Gasteiger partial charge in [-0.3, -0.25) is 9.59 Å². The molecule has 0 radical (unpaired) electrons. The van der Waals surface area contributed by atoms with Gasteiger partial charge >= 0.3 is 0 Å². The summed E-state index contributed by atoms with van der Waals surface area (Å²) >= 11 is 7.61. The van der Waals surface area contributed by atoms with Gasteiger partial charge in [0, 0.05) is 22.7 Å². The molecule has 0 bridgehead atoms. The molecule has 2 aromatic carbocycles. The van der Waals surface area contributed by atoms with Crippen LogP contribution in [0.4, 0.5) is 15.8 Å². The van der Waals surface area contributed by atoms with Gasteiger partial charge in [-0.2, -0.15) is 0 Å². The van der Waals surface area contributed by atoms with Gasteiger partial charge in [-0.1, -0.05) is 23.7 Å². The molecule has 1 aromatic heterocycles. The van der Waals surface area contributed by atoms with Crippen LogP contribution in [0.15, 0.2) is 36.4 Å². The Morgan fingerprint density at radius 2 is 1.92 bits per heavy atom. The van der Waals surface area contributed by atoms with Gasteiger partial charge in [0.1, 0.15) is 10.7 Å². The van der Waals surface area contributed by atoms with Crippen molar-refractivity contribution >= 4 is 56.2 Å². The van der Waals surface area contributed by atoms with E-state index in [0.717, 1.165) is 15.6 Å². The number of hydrogen-bond donors (Lipinski definition) is 2. The SMILES string of the molecule is CC(=O)Nc1ccc(F)c(NC(=O)c2sc3cccc(C)c3c2Cl)c1. The molecule has 0 atom stereocenters. The lowest BCUT2D eigenvalue weighted by Crippen LogP contribution is -2.13. The number of thiophene rings is 1. The van der Waals surface area contributed by atoms with Crippen LogP contribution in [-0.4, -0.2) is 11.8 Å². The Labute approximate surface area is 152 Å². The van der Waals surface area contributed by atoms with Crippen LogP contribution in [0.2, 0.25) is 5.02 Å². The molecular formula is C18H14ClFN2O2S. The van der Waals surface area contributed by atoms with Crippen molar-refractivity contribution in [2.45, 2.75) is 13.8 Å². The van der Waals surface area contributed by atoms with Crippen LogP contribution in [-0.2, 0) is 4.79 Å². The molecule has 0 fully saturated rings. The van der Waals surface area contributed by atoms with Crippen LogP contribution in [0, 0.1) is 12.7 Å². The summed E-state index contributed by atoms with van der Waals surface area (Å²) < 4.78 is 14.9. The molecule has 2 N–H and O–H groups in total. The molecule has 0 saturated heterocycles. The largest absolute Gasteiger partial charge is 0.326 e. The number of benzene rings is 2. The summed E-state index contributed by atoms with van der Waals surface area (Å²) in [7, 11) is 0. The van der Waals surface area contributed by atoms with E-state index in [2.05, 4.69) is 10.6 Å². The van der Waals surface area contributed by atoms with Gasteiger partial charge in [-0.25, -0.2) is 4.39 Å². The Kier molecular flexibility index (Phi) is 4.74. The minimum absolute atomic E-state index is 0.0264. The van der Waals surface area contributed by atoms with Crippen molar-refractivity contribution in [3.63, 3.8) is 0 Å². The molecule has 7 heteroatoms. The lowest BCUT2D eigenvalue weighted by molar-refractivity contribution is -0.114. The van der Waals surface area contributed by atoms with Crippen LogP contribution < -0.4 is 10.6 Å². The van der Waals surface area contributed by atoms with E-state index < -0.39 is 11.7 Å². The number of rotatable bonds is 3. The molecule has 4 nitrogen and oxygen atoms in total. The molecule has 0 aliphatic carbocycles. The first-order valence-electron chi connectivity index (χ1n) is 7.43. The second-order valence-corrected chi connectivity index (χ2v) is 6.95. The molecule has 0 spiro atoms. The highest BCUT2D eigenvalue weighted by Gasteiger charge is 2.19. The molecule has 0 aliphatic heterocycles. The third kappa shape index (κ3) is 3.50. The summed E-state index contributed by atoms with van der Waals surface area (Å²) in [4.78, 5) is 24.0.